The Kier molecular flexibility index (Phi) is 3.92. The van der Waals surface area contributed by atoms with E-state index in [1.165, 1.54) is 6.07 Å². The molecular formula is C13H16F2N4. The topological polar surface area (TPSA) is 55.9 Å². The Labute approximate surface area is 110 Å². The molecule has 1 aromatic carbocycles. The Balaban J connectivity index is 2.44. The van der Waals surface area contributed by atoms with Crippen LogP contribution in [0.15, 0.2) is 24.5 Å². The molecule has 0 saturated heterocycles. The molecule has 1 aromatic heterocycles. The van der Waals surface area contributed by atoms with Crippen LogP contribution < -0.4 is 11.3 Å². The summed E-state index contributed by atoms with van der Waals surface area (Å²) >= 11 is 0. The van der Waals surface area contributed by atoms with Gasteiger partial charge >= 0.3 is 0 Å². The van der Waals surface area contributed by atoms with Crippen LogP contribution in [0.2, 0.25) is 0 Å². The smallest absolute Gasteiger partial charge is 0.131 e. The van der Waals surface area contributed by atoms with E-state index in [0.29, 0.717) is 17.7 Å². The summed E-state index contributed by atoms with van der Waals surface area (Å²) in [5.41, 5.74) is 3.95. The van der Waals surface area contributed by atoms with E-state index in [0.717, 1.165) is 11.6 Å². The van der Waals surface area contributed by atoms with Crippen molar-refractivity contribution in [3.8, 4) is 0 Å². The normalized spacial score (nSPS) is 12.7. The van der Waals surface area contributed by atoms with Crippen molar-refractivity contribution >= 4 is 0 Å². The van der Waals surface area contributed by atoms with Crippen molar-refractivity contribution in [2.45, 2.75) is 26.4 Å². The molecule has 19 heavy (non-hydrogen) atoms. The number of halogens is 2. The summed E-state index contributed by atoms with van der Waals surface area (Å²) in [6, 6.07) is 1.78. The standard InChI is InChI=1S/C13H16F2N4/c1-3-19-7-9(6-17-19)13(18-16)10-4-8(2)11(14)5-12(10)15/h4-7,13,18H,3,16H2,1-2H3. The molecule has 3 N–H and O–H groups in total. The monoisotopic (exact) mass is 266 g/mol. The van der Waals surface area contributed by atoms with Crippen molar-refractivity contribution in [3.05, 3.63) is 52.9 Å². The van der Waals surface area contributed by atoms with E-state index in [1.807, 2.05) is 6.92 Å². The SMILES string of the molecule is CCn1cc(C(NN)c2cc(C)c(F)cc2F)cn1. The van der Waals surface area contributed by atoms with Crippen LogP contribution in [0.5, 0.6) is 0 Å². The van der Waals surface area contributed by atoms with Gasteiger partial charge in [-0.3, -0.25) is 10.5 Å². The highest BCUT2D eigenvalue weighted by Crippen LogP contribution is 2.25. The van der Waals surface area contributed by atoms with E-state index in [4.69, 9.17) is 5.84 Å². The fourth-order valence-electron chi connectivity index (χ4n) is 1.97. The van der Waals surface area contributed by atoms with Crippen molar-refractivity contribution in [2.24, 2.45) is 5.84 Å². The van der Waals surface area contributed by atoms with Gasteiger partial charge in [0, 0.05) is 29.9 Å². The minimum atomic E-state index is -0.629. The predicted octanol–water partition coefficient (Wildman–Crippen LogP) is 2.04. The molecule has 0 fully saturated rings. The molecular weight excluding hydrogens is 250 g/mol. The van der Waals surface area contributed by atoms with Gasteiger partial charge in [-0.05, 0) is 25.5 Å². The Bertz CT molecular complexity index is 580. The highest BCUT2D eigenvalue weighted by atomic mass is 19.1. The zero-order valence-corrected chi connectivity index (χ0v) is 10.8. The lowest BCUT2D eigenvalue weighted by atomic mass is 9.99. The number of hydrogen-bond acceptors (Lipinski definition) is 3. The van der Waals surface area contributed by atoms with Gasteiger partial charge in [-0.2, -0.15) is 5.10 Å². The molecule has 0 amide bonds. The summed E-state index contributed by atoms with van der Waals surface area (Å²) < 4.78 is 28.9. The van der Waals surface area contributed by atoms with E-state index in [1.54, 1.807) is 24.0 Å². The zero-order valence-electron chi connectivity index (χ0n) is 10.8. The number of aryl methyl sites for hydroxylation is 2. The van der Waals surface area contributed by atoms with Gasteiger partial charge in [-0.15, -0.1) is 0 Å². The van der Waals surface area contributed by atoms with Gasteiger partial charge in [0.05, 0.1) is 12.2 Å². The second-order valence-electron chi connectivity index (χ2n) is 4.35. The Morgan fingerprint density at radius 2 is 2.11 bits per heavy atom. The Morgan fingerprint density at radius 1 is 1.37 bits per heavy atom. The van der Waals surface area contributed by atoms with E-state index >= 15 is 0 Å². The summed E-state index contributed by atoms with van der Waals surface area (Å²) in [6.07, 6.45) is 3.40. The van der Waals surface area contributed by atoms with Crippen molar-refractivity contribution < 1.29 is 8.78 Å². The molecule has 1 unspecified atom stereocenters. The second-order valence-corrected chi connectivity index (χ2v) is 4.35. The number of benzene rings is 1. The first-order chi connectivity index (χ1) is 9.06. The molecule has 1 atom stereocenters. The van der Waals surface area contributed by atoms with Crippen LogP contribution in [0.1, 0.15) is 29.7 Å². The largest absolute Gasteiger partial charge is 0.273 e. The molecule has 6 heteroatoms. The van der Waals surface area contributed by atoms with Gasteiger partial charge in [0.2, 0.25) is 0 Å². The minimum Gasteiger partial charge on any atom is -0.273 e. The van der Waals surface area contributed by atoms with Crippen LogP contribution >= 0.6 is 0 Å². The minimum absolute atomic E-state index is 0.303. The molecule has 0 saturated carbocycles. The number of hydrogen-bond donors (Lipinski definition) is 2. The lowest BCUT2D eigenvalue weighted by Crippen LogP contribution is -2.29. The first-order valence-electron chi connectivity index (χ1n) is 6.00. The van der Waals surface area contributed by atoms with Gasteiger partial charge in [-0.25, -0.2) is 14.2 Å². The fourth-order valence-corrected chi connectivity index (χ4v) is 1.97. The summed E-state index contributed by atoms with van der Waals surface area (Å²) in [4.78, 5) is 0. The average Bonchev–Trinajstić information content (AvgIpc) is 2.85. The van der Waals surface area contributed by atoms with Gasteiger partial charge in [0.1, 0.15) is 11.6 Å². The van der Waals surface area contributed by atoms with E-state index < -0.39 is 17.7 Å². The van der Waals surface area contributed by atoms with Crippen molar-refractivity contribution in [2.75, 3.05) is 0 Å². The molecule has 102 valence electrons. The number of nitrogens with one attached hydrogen (secondary N) is 1. The first-order valence-corrected chi connectivity index (χ1v) is 6.00. The maximum absolute atomic E-state index is 13.9. The van der Waals surface area contributed by atoms with Crippen LogP contribution in [0, 0.1) is 18.6 Å². The third-order valence-corrected chi connectivity index (χ3v) is 3.07. The lowest BCUT2D eigenvalue weighted by Gasteiger charge is -2.16. The molecule has 0 bridgehead atoms. The molecule has 2 rings (SSSR count). The molecule has 2 aromatic rings. The van der Waals surface area contributed by atoms with Gasteiger partial charge in [-0.1, -0.05) is 0 Å². The maximum Gasteiger partial charge on any atom is 0.131 e. The number of rotatable bonds is 4. The van der Waals surface area contributed by atoms with Crippen LogP contribution in [0.4, 0.5) is 8.78 Å². The number of hydrazine groups is 1. The fraction of sp³-hybridized carbons (Fsp3) is 0.308. The van der Waals surface area contributed by atoms with E-state index in [-0.39, 0.29) is 0 Å². The van der Waals surface area contributed by atoms with E-state index in [9.17, 15) is 8.78 Å². The summed E-state index contributed by atoms with van der Waals surface area (Å²) in [5, 5.41) is 4.12. The highest BCUT2D eigenvalue weighted by molar-refractivity contribution is 5.34. The number of aromatic nitrogens is 2. The van der Waals surface area contributed by atoms with E-state index in [2.05, 4.69) is 10.5 Å². The summed E-state index contributed by atoms with van der Waals surface area (Å²) in [7, 11) is 0. The van der Waals surface area contributed by atoms with Crippen molar-refractivity contribution in [3.63, 3.8) is 0 Å². The molecule has 0 aliphatic carbocycles. The molecule has 0 spiro atoms. The molecule has 1 heterocycles. The van der Waals surface area contributed by atoms with Crippen LogP contribution in [-0.4, -0.2) is 9.78 Å². The average molecular weight is 266 g/mol. The zero-order chi connectivity index (χ0) is 14.0. The third kappa shape index (κ3) is 2.64. The van der Waals surface area contributed by atoms with Gasteiger partial charge in [0.25, 0.3) is 0 Å². The second kappa shape index (κ2) is 5.46. The molecule has 0 aliphatic rings. The van der Waals surface area contributed by atoms with Crippen LogP contribution in [0.3, 0.4) is 0 Å². The molecule has 0 radical (unpaired) electrons. The van der Waals surface area contributed by atoms with Crippen molar-refractivity contribution in [1.82, 2.24) is 15.2 Å². The number of nitrogens with zero attached hydrogens (tertiary/aromatic N) is 2. The lowest BCUT2D eigenvalue weighted by molar-refractivity contribution is 0.537. The maximum atomic E-state index is 13.9. The quantitative estimate of drug-likeness (QED) is 0.657. The predicted molar refractivity (Wildman–Crippen MR) is 68.2 cm³/mol. The first kappa shape index (κ1) is 13.6. The Morgan fingerprint density at radius 3 is 2.68 bits per heavy atom. The third-order valence-electron chi connectivity index (χ3n) is 3.07. The summed E-state index contributed by atoms with van der Waals surface area (Å²) in [6.45, 7) is 4.24. The van der Waals surface area contributed by atoms with Crippen LogP contribution in [-0.2, 0) is 6.54 Å². The Hall–Kier alpha value is -1.79. The highest BCUT2D eigenvalue weighted by Gasteiger charge is 2.19. The summed E-state index contributed by atoms with van der Waals surface area (Å²) in [5.74, 6) is 4.30. The number of nitrogens with two attached hydrogens (primary N) is 1. The molecule has 4 nitrogen and oxygen atoms in total. The van der Waals surface area contributed by atoms with Crippen molar-refractivity contribution in [1.29, 1.82) is 0 Å². The van der Waals surface area contributed by atoms with Crippen LogP contribution in [0.25, 0.3) is 0 Å². The van der Waals surface area contributed by atoms with Gasteiger partial charge < -0.3 is 0 Å². The molecule has 0 aliphatic heterocycles. The van der Waals surface area contributed by atoms with Gasteiger partial charge in [0.15, 0.2) is 0 Å².